The number of carbonyl (C=O) groups excluding carboxylic acids is 1. The molecule has 7 N–H and O–H groups in total. The average molecular weight is 585 g/mol. The number of amidine groups is 1. The van der Waals surface area contributed by atoms with Gasteiger partial charge in [0.2, 0.25) is 0 Å². The minimum Gasteiger partial charge on any atom is -0.383 e. The smallest absolute Gasteiger partial charge is 0.323 e. The first-order chi connectivity index (χ1) is 19.7. The van der Waals surface area contributed by atoms with Crippen LogP contribution in [-0.2, 0) is 4.74 Å². The number of benzene rings is 2. The number of nitrogens with two attached hydrogens (primary N) is 2. The van der Waals surface area contributed by atoms with Gasteiger partial charge in [-0.2, -0.15) is 0 Å². The zero-order valence-electron chi connectivity index (χ0n) is 23.1. The number of allylic oxidation sites excluding steroid dienone is 1. The quantitative estimate of drug-likeness (QED) is 0.204. The standard InChI is InChI=1S/C29H35F2N7O2S/c1-19(38-11-13-40-14-12-38)15-26(29(9-10-29)41-25-16-21(30)5-8-24(25)31)37-27(33)20-3-6-22(7-4-20)35-28(39)36-23(17-32)18-34-2/h3-8,15-19,32,34H,9-14H2,1-2H3,(H2,33,37)(H2,35,36,39)/p+1/b23-18+,26-15-,32-17?. The summed E-state index contributed by atoms with van der Waals surface area (Å²) in [5.74, 6) is -0.681. The lowest BCUT2D eigenvalue weighted by Gasteiger charge is -2.31. The summed E-state index contributed by atoms with van der Waals surface area (Å²) < 4.78 is 33.5. The molecule has 9 nitrogen and oxygen atoms in total. The van der Waals surface area contributed by atoms with E-state index in [9.17, 15) is 13.6 Å². The van der Waals surface area contributed by atoms with Gasteiger partial charge in [-0.25, -0.2) is 18.6 Å². The molecule has 1 atom stereocenters. The van der Waals surface area contributed by atoms with Crippen LogP contribution in [-0.4, -0.2) is 67.1 Å². The molecule has 218 valence electrons. The molecule has 0 bridgehead atoms. The Hall–Kier alpha value is -3.58. The number of quaternary nitrogens is 1. The second-order valence-corrected chi connectivity index (χ2v) is 11.3. The third-order valence-electron chi connectivity index (χ3n) is 6.83. The number of rotatable bonds is 11. The highest BCUT2D eigenvalue weighted by atomic mass is 32.2. The van der Waals surface area contributed by atoms with Gasteiger partial charge in [-0.15, -0.1) is 11.8 Å². The number of morpholine rings is 1. The first-order valence-corrected chi connectivity index (χ1v) is 14.3. The lowest BCUT2D eigenvalue weighted by Crippen LogP contribution is -2.73. The maximum atomic E-state index is 14.6. The van der Waals surface area contributed by atoms with Gasteiger partial charge in [0.1, 0.15) is 29.4 Å². The zero-order valence-corrected chi connectivity index (χ0v) is 23.9. The lowest BCUT2D eigenvalue weighted by molar-refractivity contribution is -0.557. The number of aliphatic imine (C=N–C) groups is 1. The van der Waals surface area contributed by atoms with E-state index in [-0.39, 0.29) is 16.8 Å². The van der Waals surface area contributed by atoms with E-state index in [0.29, 0.717) is 30.2 Å². The van der Waals surface area contributed by atoms with Crippen LogP contribution in [0.2, 0.25) is 0 Å². The molecule has 2 amide bonds. The predicted octanol–water partition coefficient (Wildman–Crippen LogP) is 3.41. The van der Waals surface area contributed by atoms with Crippen molar-refractivity contribution >= 4 is 35.5 Å². The summed E-state index contributed by atoms with van der Waals surface area (Å²) >= 11 is 1.28. The predicted molar refractivity (Wildman–Crippen MR) is 158 cm³/mol. The van der Waals surface area contributed by atoms with Crippen molar-refractivity contribution in [1.29, 1.82) is 5.41 Å². The van der Waals surface area contributed by atoms with Crippen molar-refractivity contribution in [2.45, 2.75) is 35.4 Å². The van der Waals surface area contributed by atoms with Crippen LogP contribution in [0.15, 0.2) is 76.0 Å². The van der Waals surface area contributed by atoms with Crippen molar-refractivity contribution in [2.75, 3.05) is 38.7 Å². The van der Waals surface area contributed by atoms with Crippen molar-refractivity contribution in [1.82, 2.24) is 10.2 Å². The number of thioether (sulfide) groups is 1. The summed E-state index contributed by atoms with van der Waals surface area (Å²) in [5, 5.41) is 14.4. The number of hydrogen-bond acceptors (Lipinski definition) is 6. The first kappa shape index (κ1) is 30.4. The first-order valence-electron chi connectivity index (χ1n) is 13.4. The van der Waals surface area contributed by atoms with Crippen LogP contribution >= 0.6 is 11.8 Å². The molecule has 2 aromatic carbocycles. The van der Waals surface area contributed by atoms with Gasteiger partial charge in [0, 0.05) is 41.5 Å². The van der Waals surface area contributed by atoms with Crippen molar-refractivity contribution in [3.05, 3.63) is 83.3 Å². The largest absolute Gasteiger partial charge is 0.383 e. The Kier molecular flexibility index (Phi) is 10.3. The molecule has 4 rings (SSSR count). The molecule has 1 aliphatic carbocycles. The summed E-state index contributed by atoms with van der Waals surface area (Å²) in [6, 6.07) is 9.97. The molecule has 12 heteroatoms. The number of nitrogens with zero attached hydrogens (tertiary/aromatic N) is 2. The highest BCUT2D eigenvalue weighted by molar-refractivity contribution is 8.01. The van der Waals surface area contributed by atoms with Crippen molar-refractivity contribution < 1.29 is 23.6 Å². The van der Waals surface area contributed by atoms with E-state index in [0.717, 1.165) is 50.0 Å². The Labute approximate surface area is 242 Å². The van der Waals surface area contributed by atoms with E-state index in [4.69, 9.17) is 20.9 Å². The number of urea groups is 1. The number of halogens is 2. The molecule has 41 heavy (non-hydrogen) atoms. The molecule has 2 fully saturated rings. The summed E-state index contributed by atoms with van der Waals surface area (Å²) in [6.07, 6.45) is 6.25. The summed E-state index contributed by atoms with van der Waals surface area (Å²) in [5.41, 5.74) is 8.76. The average Bonchev–Trinajstić information content (AvgIpc) is 3.75. The van der Waals surface area contributed by atoms with Gasteiger partial charge in [-0.3, -0.25) is 4.90 Å². The highest BCUT2D eigenvalue weighted by Gasteiger charge is 2.48. The number of nitrogens with one attached hydrogen (secondary N) is 3. The fraction of sp³-hybridized carbons (Fsp3) is 0.345. The Morgan fingerprint density at radius 3 is 2.56 bits per heavy atom. The van der Waals surface area contributed by atoms with Gasteiger partial charge >= 0.3 is 6.03 Å². The number of hydrogen-bond donors (Lipinski definition) is 5. The van der Waals surface area contributed by atoms with Crippen molar-refractivity contribution in [2.24, 2.45) is 10.7 Å². The molecule has 0 radical (unpaired) electrons. The number of amides is 2. The van der Waals surface area contributed by atoms with E-state index in [1.807, 2.05) is 0 Å². The molecule has 2 aliphatic rings. The minimum absolute atomic E-state index is 0.0381. The molecule has 0 aromatic heterocycles. The molecule has 0 spiro atoms. The van der Waals surface area contributed by atoms with E-state index in [2.05, 4.69) is 28.5 Å². The molecule has 2 aromatic rings. The Morgan fingerprint density at radius 2 is 1.93 bits per heavy atom. The van der Waals surface area contributed by atoms with Gasteiger partial charge in [0.25, 0.3) is 0 Å². The molecule has 1 heterocycles. The van der Waals surface area contributed by atoms with Gasteiger partial charge in [0.15, 0.2) is 0 Å². The van der Waals surface area contributed by atoms with Gasteiger partial charge < -0.3 is 31.8 Å². The van der Waals surface area contributed by atoms with Crippen LogP contribution in [0.5, 0.6) is 0 Å². The van der Waals surface area contributed by atoms with Crippen LogP contribution in [0.4, 0.5) is 19.3 Å². The van der Waals surface area contributed by atoms with E-state index in [1.54, 1.807) is 42.8 Å². The van der Waals surface area contributed by atoms with Crippen LogP contribution in [0, 0.1) is 17.0 Å². The number of carbonyl (C=O) groups is 1. The lowest BCUT2D eigenvalue weighted by atomic mass is 10.1. The van der Waals surface area contributed by atoms with Crippen LogP contribution in [0.1, 0.15) is 25.3 Å². The minimum atomic E-state index is -0.518. The monoisotopic (exact) mass is 584 g/mol. The number of anilines is 1. The van der Waals surface area contributed by atoms with E-state index < -0.39 is 22.4 Å². The Morgan fingerprint density at radius 1 is 1.22 bits per heavy atom. The topological polar surface area (TPSA) is 132 Å². The summed E-state index contributed by atoms with van der Waals surface area (Å²) in [4.78, 5) is 19.7. The summed E-state index contributed by atoms with van der Waals surface area (Å²) in [7, 11) is 1.79. The molecule has 1 aliphatic heterocycles. The van der Waals surface area contributed by atoms with Crippen LogP contribution < -0.4 is 21.7 Å². The summed E-state index contributed by atoms with van der Waals surface area (Å²) in [6.45, 7) is 4.98. The molecular weight excluding hydrogens is 548 g/mol. The molecule has 1 saturated carbocycles. The SMILES string of the molecule is C[NH2+]/C=C(\C=N)NC(=O)Nc1ccc(C(N)=N/C(=C\C(C)N2CCOCC2)C2(Sc3cc(F)ccc3F)CC2)cc1. The molecule has 1 saturated heterocycles. The molecule has 1 unspecified atom stereocenters. The second-order valence-electron chi connectivity index (χ2n) is 9.87. The van der Waals surface area contributed by atoms with Crippen LogP contribution in [0.25, 0.3) is 0 Å². The highest BCUT2D eigenvalue weighted by Crippen LogP contribution is 2.57. The fourth-order valence-corrected chi connectivity index (χ4v) is 5.70. The van der Waals surface area contributed by atoms with E-state index >= 15 is 0 Å². The van der Waals surface area contributed by atoms with Gasteiger partial charge in [0.05, 0.1) is 30.7 Å². The third kappa shape index (κ3) is 8.23. The fourth-order valence-electron chi connectivity index (χ4n) is 4.42. The maximum Gasteiger partial charge on any atom is 0.323 e. The van der Waals surface area contributed by atoms with Crippen LogP contribution in [0.3, 0.4) is 0 Å². The van der Waals surface area contributed by atoms with Gasteiger partial charge in [-0.05, 0) is 68.3 Å². The second kappa shape index (κ2) is 13.9. The van der Waals surface area contributed by atoms with Crippen molar-refractivity contribution in [3.63, 3.8) is 0 Å². The van der Waals surface area contributed by atoms with E-state index in [1.165, 1.54) is 17.8 Å². The Balaban J connectivity index is 1.57. The Bertz CT molecular complexity index is 1340. The maximum absolute atomic E-state index is 14.6. The zero-order chi connectivity index (χ0) is 29.4. The normalized spacial score (nSPS) is 18.5. The third-order valence-corrected chi connectivity index (χ3v) is 8.37. The number of ether oxygens (including phenoxy) is 1. The molecular formula is C29H36F2N7O2S+. The van der Waals surface area contributed by atoms with Gasteiger partial charge in [-0.1, -0.05) is 0 Å². The van der Waals surface area contributed by atoms with Crippen molar-refractivity contribution in [3.8, 4) is 0 Å².